The van der Waals surface area contributed by atoms with Crippen molar-refractivity contribution in [2.45, 2.75) is 12.5 Å². The lowest BCUT2D eigenvalue weighted by Gasteiger charge is -2.14. The Balaban J connectivity index is 2.09. The Kier molecular flexibility index (Phi) is 4.78. The molecule has 1 aromatic carbocycles. The SMILES string of the molecule is NCCNC(=O)NC(Cc1c[nH]c2ccccc12)C(=O)O. The first-order valence-electron chi connectivity index (χ1n) is 6.64. The van der Waals surface area contributed by atoms with Crippen LogP contribution in [0.5, 0.6) is 0 Å². The lowest BCUT2D eigenvalue weighted by atomic mass is 10.1. The molecule has 0 radical (unpaired) electrons. The number of nitrogens with two attached hydrogens (primary N) is 1. The molecule has 0 saturated heterocycles. The number of carbonyl (C=O) groups excluding carboxylic acids is 1. The number of hydrogen-bond donors (Lipinski definition) is 5. The number of fused-ring (bicyclic) bond motifs is 1. The third kappa shape index (κ3) is 3.73. The molecule has 0 fully saturated rings. The molecule has 7 heteroatoms. The first-order chi connectivity index (χ1) is 10.1. The zero-order valence-electron chi connectivity index (χ0n) is 11.4. The number of urea groups is 1. The molecule has 0 aliphatic carbocycles. The second-order valence-electron chi connectivity index (χ2n) is 4.64. The van der Waals surface area contributed by atoms with E-state index in [2.05, 4.69) is 15.6 Å². The van der Waals surface area contributed by atoms with E-state index in [0.29, 0.717) is 13.1 Å². The monoisotopic (exact) mass is 290 g/mol. The van der Waals surface area contributed by atoms with Crippen LogP contribution in [0, 0.1) is 0 Å². The zero-order valence-corrected chi connectivity index (χ0v) is 11.4. The van der Waals surface area contributed by atoms with Gasteiger partial charge in [0.05, 0.1) is 0 Å². The van der Waals surface area contributed by atoms with Gasteiger partial charge in [0.25, 0.3) is 0 Å². The van der Waals surface area contributed by atoms with E-state index in [-0.39, 0.29) is 6.42 Å². The fourth-order valence-electron chi connectivity index (χ4n) is 2.12. The first-order valence-corrected chi connectivity index (χ1v) is 6.64. The van der Waals surface area contributed by atoms with Crippen LogP contribution < -0.4 is 16.4 Å². The minimum Gasteiger partial charge on any atom is -0.480 e. The average Bonchev–Trinajstić information content (AvgIpc) is 2.87. The lowest BCUT2D eigenvalue weighted by Crippen LogP contribution is -2.48. The quantitative estimate of drug-likeness (QED) is 0.529. The zero-order chi connectivity index (χ0) is 15.2. The number of para-hydroxylation sites is 1. The molecule has 1 atom stereocenters. The fourth-order valence-corrected chi connectivity index (χ4v) is 2.12. The van der Waals surface area contributed by atoms with Crippen LogP contribution >= 0.6 is 0 Å². The first kappa shape index (κ1) is 14.9. The highest BCUT2D eigenvalue weighted by Crippen LogP contribution is 2.19. The highest BCUT2D eigenvalue weighted by atomic mass is 16.4. The molecule has 2 aromatic rings. The second-order valence-corrected chi connectivity index (χ2v) is 4.64. The van der Waals surface area contributed by atoms with Gasteiger partial charge in [-0.1, -0.05) is 18.2 Å². The van der Waals surface area contributed by atoms with Crippen molar-refractivity contribution in [1.29, 1.82) is 0 Å². The Morgan fingerprint density at radius 3 is 2.81 bits per heavy atom. The van der Waals surface area contributed by atoms with E-state index >= 15 is 0 Å². The molecule has 0 spiro atoms. The summed E-state index contributed by atoms with van der Waals surface area (Å²) in [4.78, 5) is 25.9. The van der Waals surface area contributed by atoms with E-state index < -0.39 is 18.0 Å². The molecule has 1 unspecified atom stereocenters. The van der Waals surface area contributed by atoms with Crippen LogP contribution in [0.1, 0.15) is 5.56 Å². The number of carbonyl (C=O) groups is 2. The molecular formula is C14H18N4O3. The maximum atomic E-state index is 11.6. The van der Waals surface area contributed by atoms with Gasteiger partial charge >= 0.3 is 12.0 Å². The van der Waals surface area contributed by atoms with Crippen molar-refractivity contribution >= 4 is 22.9 Å². The van der Waals surface area contributed by atoms with Crippen molar-refractivity contribution in [1.82, 2.24) is 15.6 Å². The Morgan fingerprint density at radius 2 is 2.10 bits per heavy atom. The largest absolute Gasteiger partial charge is 0.480 e. The summed E-state index contributed by atoms with van der Waals surface area (Å²) in [6, 6.07) is 6.08. The van der Waals surface area contributed by atoms with Gasteiger partial charge in [-0.2, -0.15) is 0 Å². The third-order valence-corrected chi connectivity index (χ3v) is 3.13. The van der Waals surface area contributed by atoms with Gasteiger partial charge in [0.2, 0.25) is 0 Å². The molecule has 2 rings (SSSR count). The molecule has 112 valence electrons. The predicted molar refractivity (Wildman–Crippen MR) is 79.0 cm³/mol. The maximum Gasteiger partial charge on any atom is 0.326 e. The highest BCUT2D eigenvalue weighted by Gasteiger charge is 2.21. The van der Waals surface area contributed by atoms with E-state index in [1.165, 1.54) is 0 Å². The summed E-state index contributed by atoms with van der Waals surface area (Å²) in [6.07, 6.45) is 1.97. The van der Waals surface area contributed by atoms with Gasteiger partial charge in [0.15, 0.2) is 0 Å². The molecule has 0 bridgehead atoms. The molecule has 0 saturated carbocycles. The van der Waals surface area contributed by atoms with Gasteiger partial charge < -0.3 is 26.5 Å². The van der Waals surface area contributed by atoms with Crippen molar-refractivity contribution in [3.8, 4) is 0 Å². The third-order valence-electron chi connectivity index (χ3n) is 3.13. The number of H-pyrrole nitrogens is 1. The minimum atomic E-state index is -1.08. The molecule has 0 aliphatic rings. The van der Waals surface area contributed by atoms with Crippen LogP contribution in [-0.4, -0.2) is 41.2 Å². The topological polar surface area (TPSA) is 120 Å². The Hall–Kier alpha value is -2.54. The average molecular weight is 290 g/mol. The highest BCUT2D eigenvalue weighted by molar-refractivity contribution is 5.86. The number of amides is 2. The predicted octanol–water partition coefficient (Wildman–Crippen LogP) is 0.422. The molecule has 6 N–H and O–H groups in total. The molecule has 21 heavy (non-hydrogen) atoms. The van der Waals surface area contributed by atoms with E-state index in [4.69, 9.17) is 5.73 Å². The van der Waals surface area contributed by atoms with Crippen LogP contribution in [0.4, 0.5) is 4.79 Å². The smallest absolute Gasteiger partial charge is 0.326 e. The number of aromatic nitrogens is 1. The summed E-state index contributed by atoms with van der Waals surface area (Å²) < 4.78 is 0. The normalized spacial score (nSPS) is 12.0. The van der Waals surface area contributed by atoms with Crippen LogP contribution in [0.3, 0.4) is 0 Å². The standard InChI is InChI=1S/C14H18N4O3/c15-5-6-16-14(21)18-12(13(19)20)7-9-8-17-11-4-2-1-3-10(9)11/h1-4,8,12,17H,5-7,15H2,(H,19,20)(H2,16,18,21). The number of benzene rings is 1. The summed E-state index contributed by atoms with van der Waals surface area (Å²) in [7, 11) is 0. The van der Waals surface area contributed by atoms with Crippen LogP contribution in [-0.2, 0) is 11.2 Å². The van der Waals surface area contributed by atoms with Crippen molar-refractivity contribution in [2.75, 3.05) is 13.1 Å². The number of aromatic amines is 1. The summed E-state index contributed by atoms with van der Waals surface area (Å²) in [5.41, 5.74) is 7.06. The number of rotatable bonds is 6. The summed E-state index contributed by atoms with van der Waals surface area (Å²) in [5, 5.41) is 15.1. The van der Waals surface area contributed by atoms with Gasteiger partial charge in [0, 0.05) is 36.6 Å². The molecule has 1 heterocycles. The van der Waals surface area contributed by atoms with Gasteiger partial charge in [-0.3, -0.25) is 0 Å². The second kappa shape index (κ2) is 6.76. The van der Waals surface area contributed by atoms with Crippen molar-refractivity contribution in [3.63, 3.8) is 0 Å². The molecule has 2 amide bonds. The maximum absolute atomic E-state index is 11.6. The Morgan fingerprint density at radius 1 is 1.33 bits per heavy atom. The lowest BCUT2D eigenvalue weighted by molar-refractivity contribution is -0.139. The summed E-state index contributed by atoms with van der Waals surface area (Å²) >= 11 is 0. The Labute approximate surface area is 121 Å². The molecule has 0 aliphatic heterocycles. The van der Waals surface area contributed by atoms with Gasteiger partial charge in [-0.25, -0.2) is 9.59 Å². The number of aliphatic carboxylic acids is 1. The van der Waals surface area contributed by atoms with E-state index in [1.807, 2.05) is 24.3 Å². The van der Waals surface area contributed by atoms with Crippen molar-refractivity contribution in [2.24, 2.45) is 5.73 Å². The van der Waals surface area contributed by atoms with Gasteiger partial charge in [0.1, 0.15) is 6.04 Å². The molecule has 7 nitrogen and oxygen atoms in total. The van der Waals surface area contributed by atoms with Gasteiger partial charge in [-0.15, -0.1) is 0 Å². The van der Waals surface area contributed by atoms with Crippen molar-refractivity contribution in [3.05, 3.63) is 36.0 Å². The molecule has 1 aromatic heterocycles. The van der Waals surface area contributed by atoms with Crippen LogP contribution in [0.2, 0.25) is 0 Å². The van der Waals surface area contributed by atoms with Crippen LogP contribution in [0.15, 0.2) is 30.5 Å². The van der Waals surface area contributed by atoms with E-state index in [0.717, 1.165) is 16.5 Å². The Bertz CT molecular complexity index is 638. The van der Waals surface area contributed by atoms with Crippen molar-refractivity contribution < 1.29 is 14.7 Å². The number of carboxylic acid groups (broad SMARTS) is 1. The number of nitrogens with one attached hydrogen (secondary N) is 3. The van der Waals surface area contributed by atoms with E-state index in [9.17, 15) is 14.7 Å². The van der Waals surface area contributed by atoms with Gasteiger partial charge in [-0.05, 0) is 11.6 Å². The molecular weight excluding hydrogens is 272 g/mol. The number of hydrogen-bond acceptors (Lipinski definition) is 3. The summed E-state index contributed by atoms with van der Waals surface area (Å²) in [5.74, 6) is -1.08. The van der Waals surface area contributed by atoms with Crippen LogP contribution in [0.25, 0.3) is 10.9 Å². The van der Waals surface area contributed by atoms with E-state index in [1.54, 1.807) is 6.20 Å². The minimum absolute atomic E-state index is 0.204. The summed E-state index contributed by atoms with van der Waals surface area (Å²) in [6.45, 7) is 0.596. The fraction of sp³-hybridized carbons (Fsp3) is 0.286. The number of carboxylic acids is 1.